The number of hydrogen-bond donors (Lipinski definition) is 1. The van der Waals surface area contributed by atoms with Crippen LogP contribution in [-0.2, 0) is 0 Å². The standard InChI is InChI=1S/C16H14Cl2F2N6O2/c1-7(2)12-10(5-23-25-6-11(18)24-13(12)25)26(16(21)27)8-3-9(17)14(22-4-8)28-15(19)20/h3-7,15H,1-2H3,(H2,21,27). The van der Waals surface area contributed by atoms with Crippen LogP contribution in [-0.4, -0.2) is 32.2 Å². The van der Waals surface area contributed by atoms with Crippen LogP contribution in [0.3, 0.4) is 0 Å². The van der Waals surface area contributed by atoms with Gasteiger partial charge in [-0.3, -0.25) is 4.90 Å². The van der Waals surface area contributed by atoms with Crippen LogP contribution < -0.4 is 15.4 Å². The van der Waals surface area contributed by atoms with Crippen molar-refractivity contribution in [1.29, 1.82) is 0 Å². The van der Waals surface area contributed by atoms with E-state index in [-0.39, 0.29) is 21.8 Å². The quantitative estimate of drug-likeness (QED) is 0.647. The van der Waals surface area contributed by atoms with Gasteiger partial charge in [0, 0.05) is 5.56 Å². The van der Waals surface area contributed by atoms with Gasteiger partial charge in [-0.15, -0.1) is 0 Å². The molecule has 0 aromatic carbocycles. The Balaban J connectivity index is 2.17. The molecular weight excluding hydrogens is 417 g/mol. The van der Waals surface area contributed by atoms with Gasteiger partial charge in [0.1, 0.15) is 10.2 Å². The van der Waals surface area contributed by atoms with Crippen molar-refractivity contribution < 1.29 is 18.3 Å². The zero-order chi connectivity index (χ0) is 20.6. The van der Waals surface area contributed by atoms with Crippen LogP contribution in [0.25, 0.3) is 5.65 Å². The first kappa shape index (κ1) is 20.0. The SMILES string of the molecule is CC(C)c1c(N(C(N)=O)c2cnc(OC(F)F)c(Cl)c2)cnn2cc(Cl)nc12. The third-order valence-corrected chi connectivity index (χ3v) is 4.22. The lowest BCUT2D eigenvalue weighted by Gasteiger charge is -2.24. The minimum atomic E-state index is -3.09. The molecule has 0 atom stereocenters. The maximum atomic E-state index is 12.4. The number of hydrogen-bond acceptors (Lipinski definition) is 5. The van der Waals surface area contributed by atoms with Crippen molar-refractivity contribution in [2.45, 2.75) is 26.4 Å². The predicted octanol–water partition coefficient (Wildman–Crippen LogP) is 4.37. The zero-order valence-electron chi connectivity index (χ0n) is 14.6. The number of imidazole rings is 1. The number of aromatic nitrogens is 4. The van der Waals surface area contributed by atoms with Crippen LogP contribution >= 0.6 is 23.2 Å². The third kappa shape index (κ3) is 3.78. The van der Waals surface area contributed by atoms with Crippen molar-refractivity contribution in [3.05, 3.63) is 40.4 Å². The van der Waals surface area contributed by atoms with E-state index in [4.69, 9.17) is 28.9 Å². The van der Waals surface area contributed by atoms with Crippen molar-refractivity contribution in [2.75, 3.05) is 4.90 Å². The summed E-state index contributed by atoms with van der Waals surface area (Å²) in [4.78, 5) is 21.3. The topological polar surface area (TPSA) is 98.6 Å². The van der Waals surface area contributed by atoms with Crippen LogP contribution in [0.5, 0.6) is 5.88 Å². The second-order valence-electron chi connectivity index (χ2n) is 5.96. The van der Waals surface area contributed by atoms with Gasteiger partial charge in [0.05, 0.1) is 30.0 Å². The molecule has 0 bridgehead atoms. The first-order valence-electron chi connectivity index (χ1n) is 7.92. The van der Waals surface area contributed by atoms with E-state index in [1.54, 1.807) is 0 Å². The lowest BCUT2D eigenvalue weighted by atomic mass is 10.0. The summed E-state index contributed by atoms with van der Waals surface area (Å²) in [5, 5.41) is 4.21. The van der Waals surface area contributed by atoms with Crippen molar-refractivity contribution in [1.82, 2.24) is 19.6 Å². The first-order chi connectivity index (χ1) is 13.2. The van der Waals surface area contributed by atoms with Crippen molar-refractivity contribution in [3.63, 3.8) is 0 Å². The lowest BCUT2D eigenvalue weighted by Crippen LogP contribution is -2.33. The summed E-state index contributed by atoms with van der Waals surface area (Å²) in [6.07, 6.45) is 4.08. The van der Waals surface area contributed by atoms with Gasteiger partial charge >= 0.3 is 12.6 Å². The Morgan fingerprint density at radius 3 is 2.61 bits per heavy atom. The van der Waals surface area contributed by atoms with E-state index in [1.807, 2.05) is 13.8 Å². The molecule has 12 heteroatoms. The normalized spacial score (nSPS) is 11.4. The number of nitrogens with zero attached hydrogens (tertiary/aromatic N) is 5. The molecule has 28 heavy (non-hydrogen) atoms. The number of ether oxygens (including phenoxy) is 1. The average Bonchev–Trinajstić information content (AvgIpc) is 2.96. The summed E-state index contributed by atoms with van der Waals surface area (Å²) in [6.45, 7) is 0.698. The number of rotatable bonds is 5. The number of carbonyl (C=O) groups excluding carboxylic acids is 1. The molecule has 3 aromatic heterocycles. The van der Waals surface area contributed by atoms with Gasteiger partial charge in [-0.2, -0.15) is 13.9 Å². The molecule has 8 nitrogen and oxygen atoms in total. The van der Waals surface area contributed by atoms with E-state index < -0.39 is 18.5 Å². The Morgan fingerprint density at radius 2 is 2.04 bits per heavy atom. The van der Waals surface area contributed by atoms with Gasteiger partial charge in [0.25, 0.3) is 0 Å². The Kier molecular flexibility index (Phi) is 5.52. The number of pyridine rings is 1. The van der Waals surface area contributed by atoms with Gasteiger partial charge < -0.3 is 10.5 Å². The summed E-state index contributed by atoms with van der Waals surface area (Å²) in [6, 6.07) is 0.384. The molecule has 2 N–H and O–H groups in total. The molecule has 3 aromatic rings. The minimum Gasteiger partial charge on any atom is -0.415 e. The molecule has 148 valence electrons. The predicted molar refractivity (Wildman–Crippen MR) is 99.7 cm³/mol. The Bertz CT molecular complexity index is 1040. The van der Waals surface area contributed by atoms with Gasteiger partial charge in [0.15, 0.2) is 5.65 Å². The second kappa shape index (κ2) is 7.72. The fourth-order valence-corrected chi connectivity index (χ4v) is 3.12. The number of anilines is 2. The summed E-state index contributed by atoms with van der Waals surface area (Å²) in [5.41, 5.74) is 7.13. The molecule has 0 aliphatic rings. The fourth-order valence-electron chi connectivity index (χ4n) is 2.74. The molecule has 0 spiro atoms. The minimum absolute atomic E-state index is 0.0920. The largest absolute Gasteiger partial charge is 0.415 e. The Hall–Kier alpha value is -2.72. The van der Waals surface area contributed by atoms with Crippen molar-refractivity contribution >= 4 is 46.3 Å². The number of nitrogens with two attached hydrogens (primary N) is 1. The van der Waals surface area contributed by atoms with E-state index in [0.717, 1.165) is 11.1 Å². The molecule has 0 saturated heterocycles. The van der Waals surface area contributed by atoms with Gasteiger partial charge in [0.2, 0.25) is 5.88 Å². The van der Waals surface area contributed by atoms with E-state index in [1.165, 1.54) is 23.0 Å². The number of halogens is 4. The van der Waals surface area contributed by atoms with Crippen LogP contribution in [0.15, 0.2) is 24.7 Å². The number of amides is 2. The maximum Gasteiger partial charge on any atom is 0.388 e. The molecule has 0 aliphatic heterocycles. The van der Waals surface area contributed by atoms with Crippen LogP contribution in [0.1, 0.15) is 25.3 Å². The van der Waals surface area contributed by atoms with Crippen molar-refractivity contribution in [3.8, 4) is 5.88 Å². The molecular formula is C16H14Cl2F2N6O2. The molecule has 0 unspecified atom stereocenters. The fraction of sp³-hybridized carbons (Fsp3) is 0.250. The van der Waals surface area contributed by atoms with Gasteiger partial charge in [-0.05, 0) is 12.0 Å². The molecule has 3 heterocycles. The second-order valence-corrected chi connectivity index (χ2v) is 6.76. The summed E-state index contributed by atoms with van der Waals surface area (Å²) < 4.78 is 30.5. The van der Waals surface area contributed by atoms with E-state index in [0.29, 0.717) is 16.9 Å². The number of primary amides is 1. The first-order valence-corrected chi connectivity index (χ1v) is 8.68. The summed E-state index contributed by atoms with van der Waals surface area (Å²) in [5.74, 6) is -0.562. The number of alkyl halides is 2. The van der Waals surface area contributed by atoms with E-state index in [2.05, 4.69) is 19.8 Å². The zero-order valence-corrected chi connectivity index (χ0v) is 16.1. The van der Waals surface area contributed by atoms with E-state index >= 15 is 0 Å². The molecule has 3 rings (SSSR count). The average molecular weight is 431 g/mol. The van der Waals surface area contributed by atoms with E-state index in [9.17, 15) is 13.6 Å². The van der Waals surface area contributed by atoms with Crippen LogP contribution in [0.4, 0.5) is 25.0 Å². The van der Waals surface area contributed by atoms with Crippen LogP contribution in [0, 0.1) is 0 Å². The lowest BCUT2D eigenvalue weighted by molar-refractivity contribution is -0.0527. The molecule has 0 fully saturated rings. The van der Waals surface area contributed by atoms with Crippen molar-refractivity contribution in [2.24, 2.45) is 5.73 Å². The molecule has 0 radical (unpaired) electrons. The highest BCUT2D eigenvalue weighted by Gasteiger charge is 2.25. The monoisotopic (exact) mass is 430 g/mol. The Morgan fingerprint density at radius 1 is 1.32 bits per heavy atom. The Labute approximate surface area is 167 Å². The molecule has 2 amide bonds. The third-order valence-electron chi connectivity index (χ3n) is 3.77. The highest BCUT2D eigenvalue weighted by atomic mass is 35.5. The molecule has 0 aliphatic carbocycles. The van der Waals surface area contributed by atoms with Crippen LogP contribution in [0.2, 0.25) is 10.2 Å². The highest BCUT2D eigenvalue weighted by Crippen LogP contribution is 2.37. The summed E-state index contributed by atoms with van der Waals surface area (Å²) >= 11 is 11.9. The smallest absolute Gasteiger partial charge is 0.388 e. The summed E-state index contributed by atoms with van der Waals surface area (Å²) in [7, 11) is 0. The number of carbonyl (C=O) groups is 1. The molecule has 0 saturated carbocycles. The van der Waals surface area contributed by atoms with Gasteiger partial charge in [-0.1, -0.05) is 37.0 Å². The number of fused-ring (bicyclic) bond motifs is 1. The van der Waals surface area contributed by atoms with Gasteiger partial charge in [-0.25, -0.2) is 19.3 Å². The number of urea groups is 1. The highest BCUT2D eigenvalue weighted by molar-refractivity contribution is 6.32. The maximum absolute atomic E-state index is 12.4.